The number of carbonyl (C=O) groups is 1. The fourth-order valence-corrected chi connectivity index (χ4v) is 4.19. The van der Waals surface area contributed by atoms with E-state index in [-0.39, 0.29) is 12.1 Å². The number of amides is 1. The first-order chi connectivity index (χ1) is 9.25. The number of hydrogen-bond acceptors (Lipinski definition) is 3. The first-order valence-corrected chi connectivity index (χ1v) is 7.95. The fraction of sp³-hybridized carbons (Fsp3) is 0.500. The fourth-order valence-electron chi connectivity index (χ4n) is 2.82. The molecular formula is C14H17NO3S. The predicted octanol–water partition coefficient (Wildman–Crippen LogP) is 2.61. The zero-order valence-electron chi connectivity index (χ0n) is 10.7. The Morgan fingerprint density at radius 3 is 2.74 bits per heavy atom. The summed E-state index contributed by atoms with van der Waals surface area (Å²) in [6.07, 6.45) is 3.50. The number of fused-ring (bicyclic) bond motifs is 1. The van der Waals surface area contributed by atoms with E-state index in [1.807, 2.05) is 30.3 Å². The summed E-state index contributed by atoms with van der Waals surface area (Å²) >= 11 is 0. The average Bonchev–Trinajstić information content (AvgIpc) is 2.75. The molecule has 19 heavy (non-hydrogen) atoms. The van der Waals surface area contributed by atoms with Crippen molar-refractivity contribution in [3.8, 4) is 0 Å². The van der Waals surface area contributed by atoms with Crippen LogP contribution in [0.25, 0.3) is 0 Å². The maximum absolute atomic E-state index is 12.4. The number of nitrogens with zero attached hydrogens (tertiary/aromatic N) is 1. The maximum Gasteiger partial charge on any atom is 0.422 e. The summed E-state index contributed by atoms with van der Waals surface area (Å²) in [6, 6.07) is 9.62. The van der Waals surface area contributed by atoms with Gasteiger partial charge in [0.1, 0.15) is 17.1 Å². The molecule has 1 amide bonds. The van der Waals surface area contributed by atoms with E-state index in [0.717, 1.165) is 31.2 Å². The standard InChI is InChI=1S/C14H17NO3S/c16-14-15(12-8-4-5-9-13(12)18-14)19(17)10-11-6-2-1-3-7-11/h1-3,6-7,12-13H,4-5,8-10H2. The summed E-state index contributed by atoms with van der Waals surface area (Å²) in [7, 11) is -1.34. The molecule has 3 rings (SSSR count). The summed E-state index contributed by atoms with van der Waals surface area (Å²) in [5.74, 6) is 0.374. The van der Waals surface area contributed by atoms with Crippen molar-refractivity contribution in [2.24, 2.45) is 0 Å². The van der Waals surface area contributed by atoms with Crippen LogP contribution < -0.4 is 0 Å². The van der Waals surface area contributed by atoms with Gasteiger partial charge in [0, 0.05) is 0 Å². The third kappa shape index (κ3) is 2.52. The molecule has 0 bridgehead atoms. The molecule has 1 aliphatic heterocycles. The van der Waals surface area contributed by atoms with E-state index >= 15 is 0 Å². The molecule has 5 heteroatoms. The Morgan fingerprint density at radius 2 is 1.95 bits per heavy atom. The van der Waals surface area contributed by atoms with Crippen LogP contribution in [0.1, 0.15) is 31.2 Å². The van der Waals surface area contributed by atoms with Gasteiger partial charge in [-0.25, -0.2) is 13.3 Å². The largest absolute Gasteiger partial charge is 0.443 e. The van der Waals surface area contributed by atoms with E-state index in [2.05, 4.69) is 0 Å². The molecule has 102 valence electrons. The molecule has 0 spiro atoms. The van der Waals surface area contributed by atoms with Crippen LogP contribution in [0.2, 0.25) is 0 Å². The Morgan fingerprint density at radius 1 is 1.21 bits per heavy atom. The molecule has 0 radical (unpaired) electrons. The highest BCUT2D eigenvalue weighted by Crippen LogP contribution is 2.33. The molecule has 0 aromatic heterocycles. The lowest BCUT2D eigenvalue weighted by Gasteiger charge is -2.26. The van der Waals surface area contributed by atoms with Gasteiger partial charge in [-0.1, -0.05) is 36.8 Å². The molecule has 3 unspecified atom stereocenters. The van der Waals surface area contributed by atoms with Crippen LogP contribution in [0, 0.1) is 0 Å². The molecule has 1 saturated carbocycles. The lowest BCUT2D eigenvalue weighted by molar-refractivity contribution is 0.113. The first kappa shape index (κ1) is 12.7. The second-order valence-electron chi connectivity index (χ2n) is 5.05. The molecule has 0 N–H and O–H groups in total. The van der Waals surface area contributed by atoms with E-state index < -0.39 is 17.1 Å². The molecule has 2 fully saturated rings. The van der Waals surface area contributed by atoms with Gasteiger partial charge in [-0.2, -0.15) is 0 Å². The zero-order valence-corrected chi connectivity index (χ0v) is 11.5. The quantitative estimate of drug-likeness (QED) is 0.854. The van der Waals surface area contributed by atoms with E-state index in [1.165, 1.54) is 4.31 Å². The van der Waals surface area contributed by atoms with Gasteiger partial charge >= 0.3 is 6.09 Å². The summed E-state index contributed by atoms with van der Waals surface area (Å²) in [5.41, 5.74) is 0.980. The van der Waals surface area contributed by atoms with Gasteiger partial charge < -0.3 is 4.74 Å². The van der Waals surface area contributed by atoms with Crippen LogP contribution in [0.5, 0.6) is 0 Å². The van der Waals surface area contributed by atoms with Crippen molar-refractivity contribution in [3.63, 3.8) is 0 Å². The van der Waals surface area contributed by atoms with Gasteiger partial charge in [-0.05, 0) is 24.8 Å². The van der Waals surface area contributed by atoms with Gasteiger partial charge in [-0.15, -0.1) is 0 Å². The Kier molecular flexibility index (Phi) is 3.55. The Balaban J connectivity index is 1.74. The van der Waals surface area contributed by atoms with Crippen LogP contribution in [0.4, 0.5) is 4.79 Å². The highest BCUT2D eigenvalue weighted by atomic mass is 32.2. The monoisotopic (exact) mass is 279 g/mol. The predicted molar refractivity (Wildman–Crippen MR) is 72.7 cm³/mol. The molecule has 3 atom stereocenters. The third-order valence-corrected chi connectivity index (χ3v) is 5.19. The SMILES string of the molecule is O=C1OC2CCCCC2N1S(=O)Cc1ccccc1. The number of hydrogen-bond donors (Lipinski definition) is 0. The summed E-state index contributed by atoms with van der Waals surface area (Å²) in [4.78, 5) is 11.9. The topological polar surface area (TPSA) is 46.6 Å². The van der Waals surface area contributed by atoms with Crippen molar-refractivity contribution in [2.45, 2.75) is 43.6 Å². The van der Waals surface area contributed by atoms with Crippen molar-refractivity contribution < 1.29 is 13.7 Å². The molecule has 4 nitrogen and oxygen atoms in total. The minimum Gasteiger partial charge on any atom is -0.443 e. The lowest BCUT2D eigenvalue weighted by Crippen LogP contribution is -2.40. The highest BCUT2D eigenvalue weighted by molar-refractivity contribution is 7.82. The van der Waals surface area contributed by atoms with Crippen LogP contribution in [0.15, 0.2) is 30.3 Å². The lowest BCUT2D eigenvalue weighted by atomic mass is 9.93. The van der Waals surface area contributed by atoms with Crippen LogP contribution >= 0.6 is 0 Å². The maximum atomic E-state index is 12.4. The normalized spacial score (nSPS) is 27.8. The van der Waals surface area contributed by atoms with E-state index in [9.17, 15) is 9.00 Å². The van der Waals surface area contributed by atoms with Gasteiger partial charge in [0.15, 0.2) is 0 Å². The molecule has 1 aliphatic carbocycles. The molecule has 1 aromatic carbocycles. The number of ether oxygens (including phenoxy) is 1. The molecule has 1 heterocycles. The smallest absolute Gasteiger partial charge is 0.422 e. The van der Waals surface area contributed by atoms with Crippen molar-refractivity contribution in [3.05, 3.63) is 35.9 Å². The van der Waals surface area contributed by atoms with Gasteiger partial charge in [-0.3, -0.25) is 0 Å². The Hall–Kier alpha value is -1.36. The first-order valence-electron chi connectivity index (χ1n) is 6.68. The van der Waals surface area contributed by atoms with Crippen LogP contribution in [-0.4, -0.2) is 26.8 Å². The molecule has 1 saturated heterocycles. The second kappa shape index (κ2) is 5.33. The molecular weight excluding hydrogens is 262 g/mol. The van der Waals surface area contributed by atoms with Crippen molar-refractivity contribution in [2.75, 3.05) is 0 Å². The van der Waals surface area contributed by atoms with Gasteiger partial charge in [0.25, 0.3) is 0 Å². The molecule has 1 aromatic rings. The van der Waals surface area contributed by atoms with Crippen molar-refractivity contribution >= 4 is 17.1 Å². The average molecular weight is 279 g/mol. The van der Waals surface area contributed by atoms with Crippen LogP contribution in [-0.2, 0) is 21.5 Å². The van der Waals surface area contributed by atoms with E-state index in [1.54, 1.807) is 0 Å². The number of carbonyl (C=O) groups excluding carboxylic acids is 1. The zero-order chi connectivity index (χ0) is 13.2. The minimum absolute atomic E-state index is 0.00537. The van der Waals surface area contributed by atoms with Gasteiger partial charge in [0.05, 0.1) is 11.8 Å². The third-order valence-electron chi connectivity index (χ3n) is 3.75. The Bertz CT molecular complexity index is 491. The van der Waals surface area contributed by atoms with E-state index in [4.69, 9.17) is 4.74 Å². The van der Waals surface area contributed by atoms with Gasteiger partial charge in [0.2, 0.25) is 0 Å². The van der Waals surface area contributed by atoms with Crippen molar-refractivity contribution in [1.29, 1.82) is 0 Å². The van der Waals surface area contributed by atoms with Crippen LogP contribution in [0.3, 0.4) is 0 Å². The minimum atomic E-state index is -1.34. The Labute approximate surface area is 115 Å². The highest BCUT2D eigenvalue weighted by Gasteiger charge is 2.45. The number of benzene rings is 1. The second-order valence-corrected chi connectivity index (χ2v) is 6.38. The summed E-state index contributed by atoms with van der Waals surface area (Å²) in [5, 5.41) is 0. The number of rotatable bonds is 3. The molecule has 2 aliphatic rings. The summed E-state index contributed by atoms with van der Waals surface area (Å²) < 4.78 is 19.2. The van der Waals surface area contributed by atoms with E-state index in [0.29, 0.717) is 5.75 Å². The summed E-state index contributed by atoms with van der Waals surface area (Å²) in [6.45, 7) is 0. The van der Waals surface area contributed by atoms with Crippen molar-refractivity contribution in [1.82, 2.24) is 4.31 Å².